The minimum atomic E-state index is -3.81. The van der Waals surface area contributed by atoms with Crippen LogP contribution in [0.2, 0.25) is 0 Å². The van der Waals surface area contributed by atoms with Crippen LogP contribution in [0.1, 0.15) is 47.9 Å². The van der Waals surface area contributed by atoms with E-state index in [0.29, 0.717) is 17.7 Å². The molecule has 0 fully saturated rings. The number of sulfonamides is 1. The fraction of sp³-hybridized carbons (Fsp3) is 0.321. The average Bonchev–Trinajstić information content (AvgIpc) is 3.22. The van der Waals surface area contributed by atoms with Gasteiger partial charge >= 0.3 is 5.97 Å². The quantitative estimate of drug-likeness (QED) is 0.377. The monoisotopic (exact) mass is 534 g/mol. The SMILES string of the molecule is CCC1CN(Cc2cc(C(CC(=O)O)c3ccc4c(c3)nnn4C)ccc2C)S(=O)(=O)c2ccccc2O1. The summed E-state index contributed by atoms with van der Waals surface area (Å²) in [4.78, 5) is 12.0. The van der Waals surface area contributed by atoms with E-state index in [9.17, 15) is 18.3 Å². The molecule has 9 nitrogen and oxygen atoms in total. The number of ether oxygens (including phenoxy) is 1. The topological polar surface area (TPSA) is 115 Å². The van der Waals surface area contributed by atoms with Crippen LogP contribution in [0.4, 0.5) is 0 Å². The van der Waals surface area contributed by atoms with Crippen molar-refractivity contribution in [1.29, 1.82) is 0 Å². The number of benzene rings is 3. The van der Waals surface area contributed by atoms with Gasteiger partial charge in [0, 0.05) is 19.5 Å². The van der Waals surface area contributed by atoms with Crippen molar-refractivity contribution in [3.8, 4) is 5.75 Å². The summed E-state index contributed by atoms with van der Waals surface area (Å²) < 4.78 is 36.5. The lowest BCUT2D eigenvalue weighted by Crippen LogP contribution is -2.36. The van der Waals surface area contributed by atoms with Gasteiger partial charge in [0.15, 0.2) is 0 Å². The smallest absolute Gasteiger partial charge is 0.304 e. The van der Waals surface area contributed by atoms with Gasteiger partial charge < -0.3 is 9.84 Å². The molecule has 0 aliphatic carbocycles. The first-order valence-electron chi connectivity index (χ1n) is 12.5. The summed E-state index contributed by atoms with van der Waals surface area (Å²) in [5.74, 6) is -0.995. The molecule has 5 rings (SSSR count). The summed E-state index contributed by atoms with van der Waals surface area (Å²) in [6.07, 6.45) is 0.260. The normalized spacial score (nSPS) is 17.9. The van der Waals surface area contributed by atoms with E-state index in [1.54, 1.807) is 36.0 Å². The number of aliphatic carboxylic acids is 1. The average molecular weight is 535 g/mol. The van der Waals surface area contributed by atoms with Crippen LogP contribution in [0.5, 0.6) is 5.75 Å². The first-order chi connectivity index (χ1) is 18.2. The first-order valence-corrected chi connectivity index (χ1v) is 14.0. The number of carboxylic acid groups (broad SMARTS) is 1. The maximum Gasteiger partial charge on any atom is 0.304 e. The van der Waals surface area contributed by atoms with Crippen molar-refractivity contribution in [2.75, 3.05) is 6.54 Å². The number of para-hydroxylation sites is 1. The van der Waals surface area contributed by atoms with Crippen LogP contribution in [0, 0.1) is 6.92 Å². The predicted molar refractivity (Wildman–Crippen MR) is 143 cm³/mol. The van der Waals surface area contributed by atoms with Crippen molar-refractivity contribution < 1.29 is 23.1 Å². The first kappa shape index (κ1) is 25.9. The van der Waals surface area contributed by atoms with Gasteiger partial charge in [0.2, 0.25) is 10.0 Å². The van der Waals surface area contributed by atoms with E-state index in [4.69, 9.17) is 4.74 Å². The van der Waals surface area contributed by atoms with Crippen LogP contribution in [-0.4, -0.2) is 51.4 Å². The lowest BCUT2D eigenvalue weighted by atomic mass is 9.86. The molecule has 1 N–H and O–H groups in total. The third-order valence-corrected chi connectivity index (χ3v) is 9.01. The second-order valence-electron chi connectivity index (χ2n) is 9.69. The van der Waals surface area contributed by atoms with Gasteiger partial charge in [-0.2, -0.15) is 4.31 Å². The Labute approximate surface area is 221 Å². The maximum atomic E-state index is 13.7. The molecule has 1 aliphatic rings. The lowest BCUT2D eigenvalue weighted by Gasteiger charge is -2.24. The maximum absolute atomic E-state index is 13.7. The number of aryl methyl sites for hydroxylation is 2. The molecule has 0 spiro atoms. The van der Waals surface area contributed by atoms with Crippen molar-refractivity contribution in [2.45, 2.75) is 50.2 Å². The summed E-state index contributed by atoms with van der Waals surface area (Å²) in [6, 6.07) is 18.2. The van der Waals surface area contributed by atoms with Crippen LogP contribution >= 0.6 is 0 Å². The highest BCUT2D eigenvalue weighted by atomic mass is 32.2. The molecule has 2 atom stereocenters. The third-order valence-electron chi connectivity index (χ3n) is 7.16. The second-order valence-corrected chi connectivity index (χ2v) is 11.6. The molecule has 0 radical (unpaired) electrons. The molecule has 198 valence electrons. The molecule has 1 aliphatic heterocycles. The molecule has 0 saturated carbocycles. The number of rotatable bonds is 7. The van der Waals surface area contributed by atoms with E-state index < -0.39 is 21.9 Å². The van der Waals surface area contributed by atoms with E-state index in [0.717, 1.165) is 27.8 Å². The minimum absolute atomic E-state index is 0.116. The van der Waals surface area contributed by atoms with Crippen molar-refractivity contribution in [2.24, 2.45) is 7.05 Å². The van der Waals surface area contributed by atoms with Crippen molar-refractivity contribution in [3.05, 3.63) is 82.9 Å². The van der Waals surface area contributed by atoms with Crippen molar-refractivity contribution in [1.82, 2.24) is 19.3 Å². The van der Waals surface area contributed by atoms with Gasteiger partial charge in [-0.25, -0.2) is 13.1 Å². The number of carbonyl (C=O) groups is 1. The molecule has 38 heavy (non-hydrogen) atoms. The fourth-order valence-electron chi connectivity index (χ4n) is 4.95. The highest BCUT2D eigenvalue weighted by molar-refractivity contribution is 7.89. The Kier molecular flexibility index (Phi) is 6.93. The number of hydrogen-bond donors (Lipinski definition) is 1. The molecule has 3 aromatic carbocycles. The summed E-state index contributed by atoms with van der Waals surface area (Å²) in [5, 5.41) is 18.0. The van der Waals surface area contributed by atoms with E-state index in [2.05, 4.69) is 10.3 Å². The van der Waals surface area contributed by atoms with Crippen LogP contribution < -0.4 is 4.74 Å². The summed E-state index contributed by atoms with van der Waals surface area (Å²) in [6.45, 7) is 4.28. The van der Waals surface area contributed by atoms with Crippen molar-refractivity contribution in [3.63, 3.8) is 0 Å². The van der Waals surface area contributed by atoms with Gasteiger partial charge in [0.25, 0.3) is 0 Å². The molecule has 0 amide bonds. The number of aromatic nitrogens is 3. The Bertz CT molecular complexity index is 1610. The Morgan fingerprint density at radius 1 is 1.13 bits per heavy atom. The Hall–Kier alpha value is -3.76. The largest absolute Gasteiger partial charge is 0.488 e. The van der Waals surface area contributed by atoms with Crippen LogP contribution in [0.25, 0.3) is 11.0 Å². The van der Waals surface area contributed by atoms with Gasteiger partial charge in [-0.05, 0) is 59.9 Å². The summed E-state index contributed by atoms with van der Waals surface area (Å²) >= 11 is 0. The van der Waals surface area contributed by atoms with Crippen LogP contribution in [0.15, 0.2) is 65.6 Å². The zero-order valence-electron chi connectivity index (χ0n) is 21.5. The van der Waals surface area contributed by atoms with Gasteiger partial charge in [0.05, 0.1) is 18.5 Å². The summed E-state index contributed by atoms with van der Waals surface area (Å²) in [5.41, 5.74) is 4.89. The van der Waals surface area contributed by atoms with Crippen LogP contribution in [-0.2, 0) is 28.4 Å². The Balaban J connectivity index is 1.53. The number of carboxylic acids is 1. The molecule has 2 heterocycles. The number of fused-ring (bicyclic) bond motifs is 2. The summed E-state index contributed by atoms with van der Waals surface area (Å²) in [7, 11) is -2.00. The standard InChI is InChI=1S/C28H30N4O5S/c1-4-22-17-32(38(35,36)27-8-6-5-7-26(27)37-22)16-21-13-19(10-9-18(21)2)23(15-28(33)34)20-11-12-25-24(14-20)29-30-31(25)3/h5-14,22-23H,4,15-17H2,1-3H3,(H,33,34). The minimum Gasteiger partial charge on any atom is -0.488 e. The molecular formula is C28H30N4O5S. The zero-order valence-corrected chi connectivity index (χ0v) is 22.4. The number of hydrogen-bond acceptors (Lipinski definition) is 6. The van der Waals surface area contributed by atoms with E-state index in [1.807, 2.05) is 50.2 Å². The van der Waals surface area contributed by atoms with Gasteiger partial charge in [-0.15, -0.1) is 5.10 Å². The number of nitrogens with zero attached hydrogens (tertiary/aromatic N) is 4. The predicted octanol–water partition coefficient (Wildman–Crippen LogP) is 4.25. The highest BCUT2D eigenvalue weighted by Gasteiger charge is 2.34. The van der Waals surface area contributed by atoms with E-state index >= 15 is 0 Å². The molecule has 10 heteroatoms. The molecule has 0 bridgehead atoms. The van der Waals surface area contributed by atoms with Crippen LogP contribution in [0.3, 0.4) is 0 Å². The van der Waals surface area contributed by atoms with Crippen molar-refractivity contribution >= 4 is 27.0 Å². The molecular weight excluding hydrogens is 504 g/mol. The van der Waals surface area contributed by atoms with Gasteiger partial charge in [-0.3, -0.25) is 4.79 Å². The van der Waals surface area contributed by atoms with E-state index in [1.165, 1.54) is 4.31 Å². The Morgan fingerprint density at radius 3 is 2.63 bits per heavy atom. The van der Waals surface area contributed by atoms with Gasteiger partial charge in [-0.1, -0.05) is 48.5 Å². The third kappa shape index (κ3) is 4.89. The fourth-order valence-corrected chi connectivity index (χ4v) is 6.52. The molecule has 2 unspecified atom stereocenters. The van der Waals surface area contributed by atoms with E-state index in [-0.39, 0.29) is 30.5 Å². The Morgan fingerprint density at radius 2 is 1.87 bits per heavy atom. The zero-order chi connectivity index (χ0) is 27.0. The molecule has 1 aromatic heterocycles. The second kappa shape index (κ2) is 10.2. The lowest BCUT2D eigenvalue weighted by molar-refractivity contribution is -0.137. The van der Waals surface area contributed by atoms with Gasteiger partial charge in [0.1, 0.15) is 22.3 Å². The molecule has 0 saturated heterocycles. The highest BCUT2D eigenvalue weighted by Crippen LogP contribution is 2.35. The molecule has 4 aromatic rings.